The number of rotatable bonds is 5. The maximum atomic E-state index is 13.3. The highest BCUT2D eigenvalue weighted by atomic mass is 19.4. The SMILES string of the molecule is CC(C)(C)C1CCC1(OC(N)=O)c1ccc(-c2nc3c(cc2-c2ccccc2)-n2c(nnc2CC(F)(F)F)CO3)cc1. The van der Waals surface area contributed by atoms with Crippen molar-refractivity contribution in [3.05, 3.63) is 77.9 Å². The van der Waals surface area contributed by atoms with Crippen molar-refractivity contribution in [3.63, 3.8) is 0 Å². The molecule has 1 fully saturated rings. The van der Waals surface area contributed by atoms with E-state index in [0.717, 1.165) is 23.1 Å². The van der Waals surface area contributed by atoms with Crippen LogP contribution in [0, 0.1) is 11.3 Å². The van der Waals surface area contributed by atoms with Crippen LogP contribution in [0.25, 0.3) is 28.1 Å². The van der Waals surface area contributed by atoms with Gasteiger partial charge in [0.2, 0.25) is 5.88 Å². The number of hydrogen-bond acceptors (Lipinski definition) is 6. The number of ether oxygens (including phenoxy) is 2. The van der Waals surface area contributed by atoms with E-state index in [1.807, 2.05) is 54.6 Å². The van der Waals surface area contributed by atoms with Gasteiger partial charge in [-0.15, -0.1) is 10.2 Å². The van der Waals surface area contributed by atoms with Crippen molar-refractivity contribution in [2.45, 2.75) is 58.4 Å². The highest BCUT2D eigenvalue weighted by Crippen LogP contribution is 2.57. The van der Waals surface area contributed by atoms with Gasteiger partial charge in [-0.3, -0.25) is 4.57 Å². The summed E-state index contributed by atoms with van der Waals surface area (Å²) in [7, 11) is 0. The Balaban J connectivity index is 1.46. The fourth-order valence-corrected chi connectivity index (χ4v) is 6.26. The summed E-state index contributed by atoms with van der Waals surface area (Å²) in [6.45, 7) is 6.30. The van der Waals surface area contributed by atoms with Crippen molar-refractivity contribution in [1.29, 1.82) is 0 Å². The minimum Gasteiger partial charge on any atom is -0.468 e. The first-order valence-electron chi connectivity index (χ1n) is 13.7. The van der Waals surface area contributed by atoms with Crippen LogP contribution in [0.1, 0.15) is 50.8 Å². The van der Waals surface area contributed by atoms with Crippen LogP contribution < -0.4 is 10.5 Å². The Morgan fingerprint density at radius 2 is 1.79 bits per heavy atom. The molecule has 2 aliphatic rings. The van der Waals surface area contributed by atoms with Crippen molar-refractivity contribution in [3.8, 4) is 34.0 Å². The molecule has 2 aromatic heterocycles. The molecule has 2 aromatic carbocycles. The van der Waals surface area contributed by atoms with Gasteiger partial charge in [0, 0.05) is 17.0 Å². The number of nitrogens with zero attached hydrogens (tertiary/aromatic N) is 4. The lowest BCUT2D eigenvalue weighted by Crippen LogP contribution is -2.53. The largest absolute Gasteiger partial charge is 0.468 e. The van der Waals surface area contributed by atoms with Crippen molar-refractivity contribution < 1.29 is 27.4 Å². The van der Waals surface area contributed by atoms with Gasteiger partial charge in [0.1, 0.15) is 23.5 Å². The van der Waals surface area contributed by atoms with E-state index in [4.69, 9.17) is 20.2 Å². The monoisotopic (exact) mass is 577 g/mol. The predicted octanol–water partition coefficient (Wildman–Crippen LogP) is 6.74. The molecule has 1 aliphatic heterocycles. The van der Waals surface area contributed by atoms with Crippen molar-refractivity contribution >= 4 is 6.09 Å². The fourth-order valence-electron chi connectivity index (χ4n) is 6.26. The van der Waals surface area contributed by atoms with E-state index < -0.39 is 24.3 Å². The summed E-state index contributed by atoms with van der Waals surface area (Å²) in [5, 5.41) is 7.72. The number of hydrogen-bond donors (Lipinski definition) is 1. The number of alkyl halides is 3. The minimum atomic E-state index is -4.46. The Bertz CT molecular complexity index is 1650. The fraction of sp³-hybridized carbons (Fsp3) is 0.355. The molecule has 1 amide bonds. The second kappa shape index (κ2) is 9.85. The van der Waals surface area contributed by atoms with Crippen molar-refractivity contribution in [1.82, 2.24) is 19.7 Å². The molecular weight excluding hydrogens is 547 g/mol. The highest BCUT2D eigenvalue weighted by molar-refractivity contribution is 5.83. The van der Waals surface area contributed by atoms with Crippen LogP contribution in [-0.2, 0) is 23.4 Å². The molecule has 11 heteroatoms. The van der Waals surface area contributed by atoms with E-state index >= 15 is 0 Å². The van der Waals surface area contributed by atoms with E-state index in [2.05, 4.69) is 31.0 Å². The Labute approximate surface area is 240 Å². The lowest BCUT2D eigenvalue weighted by Gasteiger charge is -2.54. The van der Waals surface area contributed by atoms with Crippen molar-refractivity contribution in [2.75, 3.05) is 0 Å². The standard InChI is InChI=1S/C31H30F3N5O3/c1-29(2,3)23-13-14-30(23,42-28(35)40)20-11-9-19(10-12-20)26-21(18-7-5-4-6-8-18)15-22-27(36-26)41-17-25-38-37-24(39(22)25)16-31(32,33)34/h4-12,15,23H,13-14,16-17H2,1-3H3,(H2,35,40). The smallest absolute Gasteiger partial charge is 0.405 e. The number of pyridine rings is 1. The van der Waals surface area contributed by atoms with Gasteiger partial charge >= 0.3 is 12.3 Å². The Morgan fingerprint density at radius 3 is 2.38 bits per heavy atom. The van der Waals surface area contributed by atoms with Gasteiger partial charge in [0.15, 0.2) is 12.4 Å². The molecule has 1 aliphatic carbocycles. The van der Waals surface area contributed by atoms with Gasteiger partial charge in [-0.1, -0.05) is 75.4 Å². The second-order valence-corrected chi connectivity index (χ2v) is 11.9. The molecule has 2 unspecified atom stereocenters. The zero-order valence-corrected chi connectivity index (χ0v) is 23.4. The molecule has 2 N–H and O–H groups in total. The third-order valence-corrected chi connectivity index (χ3v) is 8.13. The average Bonchev–Trinajstić information content (AvgIpc) is 3.31. The summed E-state index contributed by atoms with van der Waals surface area (Å²) in [4.78, 5) is 16.8. The van der Waals surface area contributed by atoms with Gasteiger partial charge < -0.3 is 15.2 Å². The summed E-state index contributed by atoms with van der Waals surface area (Å²) < 4.78 is 53.0. The molecule has 0 radical (unpaired) electrons. The number of carbonyl (C=O) groups excluding carboxylic acids is 1. The third-order valence-electron chi connectivity index (χ3n) is 8.13. The molecule has 4 aromatic rings. The number of nitrogens with two attached hydrogens (primary N) is 1. The summed E-state index contributed by atoms with van der Waals surface area (Å²) in [6, 6.07) is 18.9. The van der Waals surface area contributed by atoms with Gasteiger partial charge in [0.05, 0.1) is 5.69 Å². The maximum Gasteiger partial charge on any atom is 0.405 e. The van der Waals surface area contributed by atoms with Crippen LogP contribution in [0.4, 0.5) is 18.0 Å². The molecular formula is C31H30F3N5O3. The molecule has 6 rings (SSSR count). The summed E-state index contributed by atoms with van der Waals surface area (Å²) in [6.07, 6.45) is -4.93. The number of halogens is 3. The topological polar surface area (TPSA) is 105 Å². The Hall–Kier alpha value is -4.41. The van der Waals surface area contributed by atoms with Crippen molar-refractivity contribution in [2.24, 2.45) is 17.1 Å². The van der Waals surface area contributed by atoms with Crippen LogP contribution in [0.3, 0.4) is 0 Å². The number of aromatic nitrogens is 4. The van der Waals surface area contributed by atoms with Crippen LogP contribution in [0.5, 0.6) is 5.88 Å². The predicted molar refractivity (Wildman–Crippen MR) is 149 cm³/mol. The number of amides is 1. The highest BCUT2D eigenvalue weighted by Gasteiger charge is 2.55. The third kappa shape index (κ3) is 4.86. The zero-order valence-electron chi connectivity index (χ0n) is 23.4. The van der Waals surface area contributed by atoms with Gasteiger partial charge in [-0.05, 0) is 35.4 Å². The molecule has 42 heavy (non-hydrogen) atoms. The van der Waals surface area contributed by atoms with Crippen LogP contribution in [-0.4, -0.2) is 32.0 Å². The molecule has 0 saturated heterocycles. The van der Waals surface area contributed by atoms with Crippen LogP contribution in [0.15, 0.2) is 60.7 Å². The average molecular weight is 578 g/mol. The first-order valence-corrected chi connectivity index (χ1v) is 13.7. The minimum absolute atomic E-state index is 0.0604. The molecule has 0 spiro atoms. The first-order chi connectivity index (χ1) is 19.9. The first kappa shape index (κ1) is 27.7. The quantitative estimate of drug-likeness (QED) is 0.282. The molecule has 1 saturated carbocycles. The van der Waals surface area contributed by atoms with Gasteiger partial charge in [-0.25, -0.2) is 9.78 Å². The van der Waals surface area contributed by atoms with E-state index in [1.54, 1.807) is 6.07 Å². The zero-order chi connectivity index (χ0) is 29.9. The lowest BCUT2D eigenvalue weighted by molar-refractivity contribution is -0.144. The van der Waals surface area contributed by atoms with Gasteiger partial charge in [0.25, 0.3) is 0 Å². The van der Waals surface area contributed by atoms with E-state index in [-0.39, 0.29) is 35.5 Å². The number of primary amides is 1. The van der Waals surface area contributed by atoms with E-state index in [0.29, 0.717) is 23.4 Å². The molecule has 2 atom stereocenters. The Morgan fingerprint density at radius 1 is 1.07 bits per heavy atom. The van der Waals surface area contributed by atoms with E-state index in [1.165, 1.54) is 4.57 Å². The number of fused-ring (bicyclic) bond motifs is 3. The maximum absolute atomic E-state index is 13.3. The van der Waals surface area contributed by atoms with E-state index in [9.17, 15) is 18.0 Å². The van der Waals surface area contributed by atoms with Crippen LogP contribution >= 0.6 is 0 Å². The molecule has 3 heterocycles. The van der Waals surface area contributed by atoms with Crippen LogP contribution in [0.2, 0.25) is 0 Å². The number of carbonyl (C=O) groups is 1. The summed E-state index contributed by atoms with van der Waals surface area (Å²) in [5.74, 6) is 0.314. The Kier molecular flexibility index (Phi) is 6.51. The van der Waals surface area contributed by atoms with Gasteiger partial charge in [-0.2, -0.15) is 13.2 Å². The molecule has 0 bridgehead atoms. The molecule has 8 nitrogen and oxygen atoms in total. The normalized spacial score (nSPS) is 19.7. The lowest BCUT2D eigenvalue weighted by atomic mass is 9.56. The molecule has 218 valence electrons. The number of benzene rings is 2. The summed E-state index contributed by atoms with van der Waals surface area (Å²) in [5.41, 5.74) is 8.64. The second-order valence-electron chi connectivity index (χ2n) is 11.9. The summed E-state index contributed by atoms with van der Waals surface area (Å²) >= 11 is 0.